The Bertz CT molecular complexity index is 868. The minimum Gasteiger partial charge on any atom is -0.337 e. The molecule has 1 aromatic carbocycles. The van der Waals surface area contributed by atoms with Gasteiger partial charge in [0.2, 0.25) is 0 Å². The smallest absolute Gasteiger partial charge is 0.142 e. The zero-order valence-corrected chi connectivity index (χ0v) is 14.4. The molecule has 7 heteroatoms. The maximum Gasteiger partial charge on any atom is 0.142 e. The molecule has 0 spiro atoms. The summed E-state index contributed by atoms with van der Waals surface area (Å²) in [4.78, 5) is 11.2. The number of hydrogen-bond acceptors (Lipinski definition) is 4. The van der Waals surface area contributed by atoms with Gasteiger partial charge in [-0.2, -0.15) is 0 Å². The van der Waals surface area contributed by atoms with Crippen LogP contribution in [0.25, 0.3) is 10.2 Å². The molecule has 0 fully saturated rings. The highest BCUT2D eigenvalue weighted by Crippen LogP contribution is 2.41. The number of halogens is 3. The first kappa shape index (κ1) is 14.5. The van der Waals surface area contributed by atoms with E-state index in [1.807, 2.05) is 0 Å². The highest BCUT2D eigenvalue weighted by Gasteiger charge is 2.22. The van der Waals surface area contributed by atoms with Crippen LogP contribution < -0.4 is 5.32 Å². The number of aromatic nitrogens is 2. The Morgan fingerprint density at radius 1 is 1.05 bits per heavy atom. The molecule has 0 amide bonds. The third kappa shape index (κ3) is 2.35. The lowest BCUT2D eigenvalue weighted by molar-refractivity contribution is 0.917. The van der Waals surface area contributed by atoms with Crippen molar-refractivity contribution < 1.29 is 0 Å². The van der Waals surface area contributed by atoms with E-state index in [9.17, 15) is 0 Å². The fraction of sp³-hybridized carbons (Fsp3) is 0.200. The van der Waals surface area contributed by atoms with Crippen molar-refractivity contribution >= 4 is 67.9 Å². The fourth-order valence-corrected chi connectivity index (χ4v) is 4.94. The normalized spacial score (nSPS) is 13.6. The summed E-state index contributed by atoms with van der Waals surface area (Å²) in [6, 6.07) is 3.32. The van der Waals surface area contributed by atoms with Gasteiger partial charge in [0.05, 0.1) is 21.1 Å². The number of nitrogens with zero attached hydrogens (tertiary/aromatic N) is 2. The molecular formula is C15H10Cl3N3S. The van der Waals surface area contributed by atoms with Crippen LogP contribution in [0, 0.1) is 0 Å². The van der Waals surface area contributed by atoms with Gasteiger partial charge in [-0.05, 0) is 37.0 Å². The molecule has 1 aliphatic rings. The minimum atomic E-state index is 0.469. The molecule has 2 aromatic heterocycles. The van der Waals surface area contributed by atoms with Crippen molar-refractivity contribution in [3.8, 4) is 0 Å². The van der Waals surface area contributed by atoms with Gasteiger partial charge in [-0.15, -0.1) is 11.3 Å². The van der Waals surface area contributed by atoms with Crippen molar-refractivity contribution in [1.82, 2.24) is 9.97 Å². The lowest BCUT2D eigenvalue weighted by atomic mass is 10.2. The second-order valence-corrected chi connectivity index (χ2v) is 7.46. The van der Waals surface area contributed by atoms with Gasteiger partial charge in [0.25, 0.3) is 0 Å². The maximum absolute atomic E-state index is 6.25. The first-order valence-electron chi connectivity index (χ1n) is 6.80. The number of hydrogen-bond donors (Lipinski definition) is 1. The van der Waals surface area contributed by atoms with Crippen LogP contribution in [0.4, 0.5) is 11.5 Å². The Morgan fingerprint density at radius 2 is 1.82 bits per heavy atom. The lowest BCUT2D eigenvalue weighted by Gasteiger charge is -2.11. The average molecular weight is 371 g/mol. The molecular weight excluding hydrogens is 361 g/mol. The molecule has 2 heterocycles. The topological polar surface area (TPSA) is 37.8 Å². The van der Waals surface area contributed by atoms with Gasteiger partial charge in [-0.1, -0.05) is 34.8 Å². The second kappa shape index (κ2) is 5.53. The molecule has 1 aliphatic carbocycles. The molecule has 3 nitrogen and oxygen atoms in total. The molecule has 0 unspecified atom stereocenters. The maximum atomic E-state index is 6.25. The highest BCUT2D eigenvalue weighted by atomic mass is 35.5. The van der Waals surface area contributed by atoms with Crippen LogP contribution in [0.5, 0.6) is 0 Å². The average Bonchev–Trinajstić information content (AvgIpc) is 3.03. The van der Waals surface area contributed by atoms with Crippen molar-refractivity contribution in [2.45, 2.75) is 19.3 Å². The van der Waals surface area contributed by atoms with Crippen molar-refractivity contribution in [3.63, 3.8) is 0 Å². The van der Waals surface area contributed by atoms with Crippen LogP contribution >= 0.6 is 46.1 Å². The van der Waals surface area contributed by atoms with E-state index in [-0.39, 0.29) is 0 Å². The molecule has 0 saturated heterocycles. The van der Waals surface area contributed by atoms with Crippen molar-refractivity contribution in [2.75, 3.05) is 5.32 Å². The summed E-state index contributed by atoms with van der Waals surface area (Å²) in [5.41, 5.74) is 1.97. The summed E-state index contributed by atoms with van der Waals surface area (Å²) < 4.78 is 0. The van der Waals surface area contributed by atoms with E-state index in [4.69, 9.17) is 34.8 Å². The highest BCUT2D eigenvalue weighted by molar-refractivity contribution is 7.19. The van der Waals surface area contributed by atoms with Gasteiger partial charge >= 0.3 is 0 Å². The van der Waals surface area contributed by atoms with Crippen molar-refractivity contribution in [1.29, 1.82) is 0 Å². The molecule has 4 rings (SSSR count). The van der Waals surface area contributed by atoms with Gasteiger partial charge < -0.3 is 5.32 Å². The van der Waals surface area contributed by atoms with Gasteiger partial charge in [0.1, 0.15) is 17.0 Å². The number of nitrogens with one attached hydrogen (secondary N) is 1. The molecule has 0 radical (unpaired) electrons. The Labute approximate surface area is 146 Å². The zero-order chi connectivity index (χ0) is 15.3. The standard InChI is InChI=1S/C15H10Cl3N3S/c16-7-4-9(17)13(10(18)5-7)21-14-12-8-2-1-3-11(8)22-15(12)20-6-19-14/h4-6H,1-3H2,(H,19,20,21). The van der Waals surface area contributed by atoms with Gasteiger partial charge in [0.15, 0.2) is 0 Å². The van der Waals surface area contributed by atoms with Gasteiger partial charge in [-0.3, -0.25) is 0 Å². The number of rotatable bonds is 2. The molecule has 0 aliphatic heterocycles. The van der Waals surface area contributed by atoms with E-state index in [0.29, 0.717) is 20.8 Å². The van der Waals surface area contributed by atoms with E-state index in [1.165, 1.54) is 16.9 Å². The monoisotopic (exact) mass is 369 g/mol. The number of fused-ring (bicyclic) bond motifs is 3. The van der Waals surface area contributed by atoms with Crippen LogP contribution in [-0.2, 0) is 12.8 Å². The van der Waals surface area contributed by atoms with E-state index in [2.05, 4.69) is 15.3 Å². The SMILES string of the molecule is Clc1cc(Cl)c(Nc2ncnc3sc4c(c23)CCC4)c(Cl)c1. The molecule has 112 valence electrons. The quantitative estimate of drug-likeness (QED) is 0.611. The van der Waals surface area contributed by atoms with Gasteiger partial charge in [0, 0.05) is 9.90 Å². The van der Waals surface area contributed by atoms with Crippen LogP contribution in [0.3, 0.4) is 0 Å². The zero-order valence-electron chi connectivity index (χ0n) is 11.3. The molecule has 0 atom stereocenters. The summed E-state index contributed by atoms with van der Waals surface area (Å²) in [6.07, 6.45) is 4.94. The van der Waals surface area contributed by atoms with Crippen LogP contribution in [-0.4, -0.2) is 9.97 Å². The lowest BCUT2D eigenvalue weighted by Crippen LogP contribution is -1.97. The summed E-state index contributed by atoms with van der Waals surface area (Å²) in [6.45, 7) is 0. The van der Waals surface area contributed by atoms with E-state index in [1.54, 1.807) is 29.8 Å². The first-order chi connectivity index (χ1) is 10.6. The summed E-state index contributed by atoms with van der Waals surface area (Å²) in [7, 11) is 0. The van der Waals surface area contributed by atoms with Crippen LogP contribution in [0.2, 0.25) is 15.1 Å². The van der Waals surface area contributed by atoms with Crippen molar-refractivity contribution in [2.24, 2.45) is 0 Å². The number of aryl methyl sites for hydroxylation is 2. The molecule has 0 bridgehead atoms. The number of anilines is 2. The fourth-order valence-electron chi connectivity index (χ4n) is 2.80. The second-order valence-electron chi connectivity index (χ2n) is 5.13. The summed E-state index contributed by atoms with van der Waals surface area (Å²) in [5, 5.41) is 5.79. The molecule has 1 N–H and O–H groups in total. The van der Waals surface area contributed by atoms with E-state index < -0.39 is 0 Å². The minimum absolute atomic E-state index is 0.469. The van der Waals surface area contributed by atoms with E-state index in [0.717, 1.165) is 28.9 Å². The molecule has 22 heavy (non-hydrogen) atoms. The largest absolute Gasteiger partial charge is 0.337 e. The Morgan fingerprint density at radius 3 is 2.59 bits per heavy atom. The number of benzene rings is 1. The third-order valence-corrected chi connectivity index (χ3v) is 5.77. The van der Waals surface area contributed by atoms with E-state index >= 15 is 0 Å². The molecule has 3 aromatic rings. The Kier molecular flexibility index (Phi) is 3.65. The Balaban J connectivity index is 1.86. The van der Waals surface area contributed by atoms with Crippen molar-refractivity contribution in [3.05, 3.63) is 44.0 Å². The first-order valence-corrected chi connectivity index (χ1v) is 8.75. The number of thiophene rings is 1. The third-order valence-electron chi connectivity index (χ3n) is 3.75. The predicted octanol–water partition coefficient (Wildman–Crippen LogP) is 5.88. The predicted molar refractivity (Wildman–Crippen MR) is 94.2 cm³/mol. The van der Waals surface area contributed by atoms with Crippen LogP contribution in [0.1, 0.15) is 16.9 Å². The summed E-state index contributed by atoms with van der Waals surface area (Å²) in [5.74, 6) is 0.746. The Hall–Kier alpha value is -1.07. The summed E-state index contributed by atoms with van der Waals surface area (Å²) >= 11 is 20.2. The van der Waals surface area contributed by atoms with Gasteiger partial charge in [-0.25, -0.2) is 9.97 Å². The van der Waals surface area contributed by atoms with Crippen LogP contribution in [0.15, 0.2) is 18.5 Å². The molecule has 0 saturated carbocycles.